The third-order valence-corrected chi connectivity index (χ3v) is 4.33. The molecule has 0 amide bonds. The summed E-state index contributed by atoms with van der Waals surface area (Å²) >= 11 is 0. The first-order valence-corrected chi connectivity index (χ1v) is 7.76. The highest BCUT2D eigenvalue weighted by atomic mass is 32.2. The number of nitrogens with one attached hydrogen (secondary N) is 1. The molecule has 0 aliphatic heterocycles. The van der Waals surface area contributed by atoms with E-state index in [0.29, 0.717) is 25.2 Å². The lowest BCUT2D eigenvalue weighted by Crippen LogP contribution is -2.26. The first-order chi connectivity index (χ1) is 9.56. The maximum Gasteiger partial charge on any atom is 0.260 e. The van der Waals surface area contributed by atoms with Gasteiger partial charge in [-0.1, -0.05) is 6.07 Å². The van der Waals surface area contributed by atoms with E-state index in [4.69, 9.17) is 10.5 Å². The van der Waals surface area contributed by atoms with E-state index >= 15 is 0 Å². The lowest BCUT2D eigenvalue weighted by Gasteiger charge is -2.07. The molecular weight excluding hydrogens is 280 g/mol. The summed E-state index contributed by atoms with van der Waals surface area (Å²) in [6, 6.07) is 5.20. The van der Waals surface area contributed by atoms with Crippen molar-refractivity contribution in [2.24, 2.45) is 0 Å². The van der Waals surface area contributed by atoms with Gasteiger partial charge in [-0.05, 0) is 25.0 Å². The van der Waals surface area contributed by atoms with Gasteiger partial charge in [0.05, 0.1) is 0 Å². The van der Waals surface area contributed by atoms with E-state index in [1.807, 2.05) is 0 Å². The summed E-state index contributed by atoms with van der Waals surface area (Å²) in [6.07, 6.45) is 3.11. The molecule has 2 rings (SSSR count). The Labute approximate surface area is 117 Å². The minimum Gasteiger partial charge on any atom is -0.385 e. The van der Waals surface area contributed by atoms with Gasteiger partial charge in [0.15, 0.2) is 10.8 Å². The number of sulfonamides is 1. The molecule has 0 saturated heterocycles. The van der Waals surface area contributed by atoms with E-state index in [0.717, 1.165) is 6.42 Å². The smallest absolute Gasteiger partial charge is 0.260 e. The van der Waals surface area contributed by atoms with E-state index in [-0.39, 0.29) is 10.8 Å². The van der Waals surface area contributed by atoms with Crippen molar-refractivity contribution >= 4 is 21.5 Å². The summed E-state index contributed by atoms with van der Waals surface area (Å²) in [6.45, 7) is 0.949. The molecule has 0 aliphatic rings. The van der Waals surface area contributed by atoms with E-state index in [9.17, 15) is 8.42 Å². The highest BCUT2D eigenvalue weighted by molar-refractivity contribution is 7.89. The Bertz CT molecular complexity index is 681. The fourth-order valence-electron chi connectivity index (χ4n) is 1.90. The summed E-state index contributed by atoms with van der Waals surface area (Å²) in [5, 5.41) is -0.0140. The lowest BCUT2D eigenvalue weighted by atomic mass is 10.3. The standard InChI is InChI=1S/C12H18N4O3S/c1-19-9-5-3-7-14-20(17,18)12-11(13)15-10-6-2-4-8-16(10)12/h2,4,6,8,14H,3,5,7,9,13H2,1H3. The minimum absolute atomic E-state index is 0.000548. The summed E-state index contributed by atoms with van der Waals surface area (Å²) in [5.74, 6) is 0.000548. The molecule has 2 aromatic heterocycles. The number of methoxy groups -OCH3 is 1. The number of ether oxygens (including phenoxy) is 1. The summed E-state index contributed by atoms with van der Waals surface area (Å²) in [4.78, 5) is 4.04. The molecule has 0 bridgehead atoms. The van der Waals surface area contributed by atoms with Gasteiger partial charge in [0, 0.05) is 26.5 Å². The highest BCUT2D eigenvalue weighted by Gasteiger charge is 2.23. The normalized spacial score (nSPS) is 12.1. The average Bonchev–Trinajstić information content (AvgIpc) is 2.75. The number of pyridine rings is 1. The Balaban J connectivity index is 2.17. The number of nitrogens with two attached hydrogens (primary N) is 1. The molecule has 8 heteroatoms. The van der Waals surface area contributed by atoms with Crippen LogP contribution in [0.4, 0.5) is 5.82 Å². The molecule has 0 aliphatic carbocycles. The van der Waals surface area contributed by atoms with E-state index in [1.54, 1.807) is 31.5 Å². The van der Waals surface area contributed by atoms with Crippen LogP contribution in [0.2, 0.25) is 0 Å². The first-order valence-electron chi connectivity index (χ1n) is 6.27. The van der Waals surface area contributed by atoms with Crippen LogP contribution >= 0.6 is 0 Å². The molecule has 0 unspecified atom stereocenters. The Morgan fingerprint density at radius 2 is 2.20 bits per heavy atom. The second-order valence-electron chi connectivity index (χ2n) is 4.33. The largest absolute Gasteiger partial charge is 0.385 e. The van der Waals surface area contributed by atoms with Gasteiger partial charge in [-0.2, -0.15) is 0 Å². The van der Waals surface area contributed by atoms with Crippen molar-refractivity contribution < 1.29 is 13.2 Å². The number of hydrogen-bond acceptors (Lipinski definition) is 5. The van der Waals surface area contributed by atoms with Crippen molar-refractivity contribution in [3.05, 3.63) is 24.4 Å². The number of anilines is 1. The lowest BCUT2D eigenvalue weighted by molar-refractivity contribution is 0.193. The first kappa shape index (κ1) is 14.8. The maximum absolute atomic E-state index is 12.3. The van der Waals surface area contributed by atoms with Crippen molar-refractivity contribution in [3.8, 4) is 0 Å². The Morgan fingerprint density at radius 3 is 2.95 bits per heavy atom. The maximum atomic E-state index is 12.3. The zero-order valence-corrected chi connectivity index (χ0v) is 12.1. The Kier molecular flexibility index (Phi) is 4.58. The molecule has 0 atom stereocenters. The number of fused-ring (bicyclic) bond motifs is 1. The van der Waals surface area contributed by atoms with Gasteiger partial charge in [0.25, 0.3) is 10.0 Å². The van der Waals surface area contributed by atoms with Crippen LogP contribution in [0.15, 0.2) is 29.4 Å². The van der Waals surface area contributed by atoms with Crippen LogP contribution < -0.4 is 10.5 Å². The van der Waals surface area contributed by atoms with Crippen molar-refractivity contribution in [1.29, 1.82) is 0 Å². The molecule has 110 valence electrons. The molecule has 3 N–H and O–H groups in total. The summed E-state index contributed by atoms with van der Waals surface area (Å²) in [7, 11) is -2.06. The van der Waals surface area contributed by atoms with Crippen LogP contribution in [0.1, 0.15) is 12.8 Å². The Morgan fingerprint density at radius 1 is 1.40 bits per heavy atom. The van der Waals surface area contributed by atoms with E-state index < -0.39 is 10.0 Å². The summed E-state index contributed by atoms with van der Waals surface area (Å²) in [5.41, 5.74) is 6.22. The van der Waals surface area contributed by atoms with Gasteiger partial charge >= 0.3 is 0 Å². The average molecular weight is 298 g/mol. The fraction of sp³-hybridized carbons (Fsp3) is 0.417. The topological polar surface area (TPSA) is 98.7 Å². The number of nitrogen functional groups attached to an aromatic ring is 1. The molecule has 0 fully saturated rings. The van der Waals surface area contributed by atoms with Gasteiger partial charge in [0.1, 0.15) is 5.65 Å². The number of nitrogens with zero attached hydrogens (tertiary/aromatic N) is 2. The molecular formula is C12H18N4O3S. The van der Waals surface area contributed by atoms with Gasteiger partial charge in [-0.3, -0.25) is 4.40 Å². The minimum atomic E-state index is -3.68. The van der Waals surface area contributed by atoms with Crippen LogP contribution in [-0.2, 0) is 14.8 Å². The van der Waals surface area contributed by atoms with Crippen LogP contribution in [0.5, 0.6) is 0 Å². The number of imidazole rings is 1. The van der Waals surface area contributed by atoms with Crippen LogP contribution in [0, 0.1) is 0 Å². The monoisotopic (exact) mass is 298 g/mol. The van der Waals surface area contributed by atoms with Crippen molar-refractivity contribution in [1.82, 2.24) is 14.1 Å². The SMILES string of the molecule is COCCCCNS(=O)(=O)c1c(N)nc2ccccn12. The van der Waals surface area contributed by atoms with Gasteiger partial charge in [0.2, 0.25) is 0 Å². The third-order valence-electron chi connectivity index (χ3n) is 2.83. The molecule has 2 heterocycles. The van der Waals surface area contributed by atoms with Gasteiger partial charge in [-0.15, -0.1) is 0 Å². The van der Waals surface area contributed by atoms with Gasteiger partial charge < -0.3 is 10.5 Å². The van der Waals surface area contributed by atoms with Crippen LogP contribution in [0.3, 0.4) is 0 Å². The number of unbranched alkanes of at least 4 members (excludes halogenated alkanes) is 1. The molecule has 0 aromatic carbocycles. The van der Waals surface area contributed by atoms with Crippen molar-refractivity contribution in [2.45, 2.75) is 17.9 Å². The Hall–Kier alpha value is -1.64. The molecule has 0 saturated carbocycles. The van der Waals surface area contributed by atoms with Gasteiger partial charge in [-0.25, -0.2) is 18.1 Å². The van der Waals surface area contributed by atoms with Crippen LogP contribution in [-0.4, -0.2) is 38.1 Å². The zero-order chi connectivity index (χ0) is 14.6. The molecule has 7 nitrogen and oxygen atoms in total. The molecule has 20 heavy (non-hydrogen) atoms. The predicted molar refractivity (Wildman–Crippen MR) is 75.9 cm³/mol. The van der Waals surface area contributed by atoms with Crippen LogP contribution in [0.25, 0.3) is 5.65 Å². The highest BCUT2D eigenvalue weighted by Crippen LogP contribution is 2.19. The quantitative estimate of drug-likeness (QED) is 0.730. The summed E-state index contributed by atoms with van der Waals surface area (Å²) < 4.78 is 33.5. The second-order valence-corrected chi connectivity index (χ2v) is 6.01. The van der Waals surface area contributed by atoms with Crippen molar-refractivity contribution in [2.75, 3.05) is 26.0 Å². The molecule has 2 aromatic rings. The molecule has 0 spiro atoms. The second kappa shape index (κ2) is 6.21. The van der Waals surface area contributed by atoms with E-state index in [1.165, 1.54) is 4.40 Å². The number of hydrogen-bond donors (Lipinski definition) is 2. The zero-order valence-electron chi connectivity index (χ0n) is 11.2. The fourth-order valence-corrected chi connectivity index (χ4v) is 3.19. The number of aromatic nitrogens is 2. The number of rotatable bonds is 7. The molecule has 0 radical (unpaired) electrons. The third kappa shape index (κ3) is 3.09. The van der Waals surface area contributed by atoms with Crippen molar-refractivity contribution in [3.63, 3.8) is 0 Å². The van der Waals surface area contributed by atoms with E-state index in [2.05, 4.69) is 9.71 Å². The predicted octanol–water partition coefficient (Wildman–Crippen LogP) is 0.621.